The van der Waals surface area contributed by atoms with Gasteiger partial charge in [-0.2, -0.15) is 5.26 Å². The van der Waals surface area contributed by atoms with Crippen molar-refractivity contribution >= 4 is 33.1 Å². The summed E-state index contributed by atoms with van der Waals surface area (Å²) < 4.78 is 6.79. The summed E-state index contributed by atoms with van der Waals surface area (Å²) in [7, 11) is 0. The Morgan fingerprint density at radius 2 is 2.09 bits per heavy atom. The maximum absolute atomic E-state index is 9.30. The van der Waals surface area contributed by atoms with Crippen LogP contribution in [0.25, 0.3) is 0 Å². The molecule has 1 rings (SSSR count). The Morgan fingerprint density at radius 1 is 1.39 bits per heavy atom. The van der Waals surface area contributed by atoms with Gasteiger partial charge in [-0.3, -0.25) is 0 Å². The SMILES string of the molecule is C/C(NC(C)C)=C(/C#N)C(=S)NCC(C)Oc1cccc(Br)c1. The monoisotopic (exact) mass is 395 g/mol. The van der Waals surface area contributed by atoms with E-state index in [1.165, 1.54) is 0 Å². The number of benzene rings is 1. The highest BCUT2D eigenvalue weighted by Gasteiger charge is 2.11. The van der Waals surface area contributed by atoms with Crippen molar-refractivity contribution in [1.29, 1.82) is 5.26 Å². The van der Waals surface area contributed by atoms with E-state index in [2.05, 4.69) is 32.6 Å². The molecule has 0 saturated carbocycles. The van der Waals surface area contributed by atoms with Gasteiger partial charge in [-0.25, -0.2) is 0 Å². The second-order valence-electron chi connectivity index (χ2n) is 5.51. The molecule has 0 amide bonds. The standard InChI is InChI=1S/C17H22BrN3OS/c1-11(2)21-13(4)16(9-19)17(23)20-10-12(3)22-15-7-5-6-14(18)8-15/h5-8,11-12,21H,10H2,1-4H3,(H,20,23)/b16-13+. The zero-order valence-electron chi connectivity index (χ0n) is 13.8. The number of halogens is 1. The first-order valence-electron chi connectivity index (χ1n) is 7.41. The van der Waals surface area contributed by atoms with E-state index in [9.17, 15) is 5.26 Å². The van der Waals surface area contributed by atoms with E-state index in [1.54, 1.807) is 0 Å². The summed E-state index contributed by atoms with van der Waals surface area (Å²) in [6.07, 6.45) is -0.0828. The number of nitrogens with zero attached hydrogens (tertiary/aromatic N) is 1. The fraction of sp³-hybridized carbons (Fsp3) is 0.412. The van der Waals surface area contributed by atoms with Gasteiger partial charge < -0.3 is 15.4 Å². The number of hydrogen-bond acceptors (Lipinski definition) is 4. The van der Waals surface area contributed by atoms with Crippen molar-refractivity contribution < 1.29 is 4.74 Å². The summed E-state index contributed by atoms with van der Waals surface area (Å²) in [5.41, 5.74) is 1.24. The van der Waals surface area contributed by atoms with Crippen molar-refractivity contribution in [3.8, 4) is 11.8 Å². The molecule has 6 heteroatoms. The molecule has 0 aliphatic carbocycles. The quantitative estimate of drug-likeness (QED) is 0.416. The summed E-state index contributed by atoms with van der Waals surface area (Å²) in [6, 6.07) is 10.1. The lowest BCUT2D eigenvalue weighted by Crippen LogP contribution is -2.34. The summed E-state index contributed by atoms with van der Waals surface area (Å²) in [6.45, 7) is 8.36. The summed E-state index contributed by atoms with van der Waals surface area (Å²) in [4.78, 5) is 0.433. The van der Waals surface area contributed by atoms with Crippen LogP contribution in [0.3, 0.4) is 0 Å². The van der Waals surface area contributed by atoms with Crippen molar-refractivity contribution in [3.63, 3.8) is 0 Å². The molecular weight excluding hydrogens is 374 g/mol. The number of rotatable bonds is 7. The maximum atomic E-state index is 9.30. The zero-order chi connectivity index (χ0) is 17.4. The lowest BCUT2D eigenvalue weighted by atomic mass is 10.2. The Balaban J connectivity index is 2.59. The van der Waals surface area contributed by atoms with Crippen molar-refractivity contribution in [3.05, 3.63) is 40.0 Å². The first-order valence-corrected chi connectivity index (χ1v) is 8.61. The van der Waals surface area contributed by atoms with E-state index in [-0.39, 0.29) is 12.1 Å². The second kappa shape index (κ2) is 9.53. The predicted molar refractivity (Wildman–Crippen MR) is 101 cm³/mol. The van der Waals surface area contributed by atoms with Crippen LogP contribution in [0.1, 0.15) is 27.7 Å². The van der Waals surface area contributed by atoms with Gasteiger partial charge in [0.25, 0.3) is 0 Å². The Bertz CT molecular complexity index is 623. The molecule has 0 aliphatic rings. The molecule has 23 heavy (non-hydrogen) atoms. The van der Waals surface area contributed by atoms with Gasteiger partial charge in [-0.15, -0.1) is 0 Å². The molecule has 124 valence electrons. The van der Waals surface area contributed by atoms with E-state index >= 15 is 0 Å². The smallest absolute Gasteiger partial charge is 0.120 e. The molecule has 0 heterocycles. The van der Waals surface area contributed by atoms with Gasteiger partial charge >= 0.3 is 0 Å². The van der Waals surface area contributed by atoms with Crippen LogP contribution < -0.4 is 15.4 Å². The first kappa shape index (κ1) is 19.5. The molecule has 2 N–H and O–H groups in total. The minimum absolute atomic E-state index is 0.0828. The topological polar surface area (TPSA) is 57.1 Å². The highest BCUT2D eigenvalue weighted by molar-refractivity contribution is 9.10. The van der Waals surface area contributed by atoms with Crippen LogP contribution in [-0.4, -0.2) is 23.7 Å². The van der Waals surface area contributed by atoms with Crippen molar-refractivity contribution in [2.45, 2.75) is 39.8 Å². The fourth-order valence-corrected chi connectivity index (χ4v) is 2.61. The molecule has 0 spiro atoms. The van der Waals surface area contributed by atoms with Crippen molar-refractivity contribution in [1.82, 2.24) is 10.6 Å². The molecule has 1 aromatic carbocycles. The molecule has 4 nitrogen and oxygen atoms in total. The lowest BCUT2D eigenvalue weighted by molar-refractivity contribution is 0.224. The van der Waals surface area contributed by atoms with Crippen LogP contribution in [0.4, 0.5) is 0 Å². The molecule has 1 atom stereocenters. The number of nitriles is 1. The molecule has 1 aromatic rings. The molecule has 0 saturated heterocycles. The van der Waals surface area contributed by atoms with Gasteiger partial charge in [0.15, 0.2) is 0 Å². The largest absolute Gasteiger partial charge is 0.489 e. The van der Waals surface area contributed by atoms with E-state index in [4.69, 9.17) is 17.0 Å². The summed E-state index contributed by atoms with van der Waals surface area (Å²) >= 11 is 8.73. The van der Waals surface area contributed by atoms with Crippen LogP contribution in [0, 0.1) is 11.3 Å². The second-order valence-corrected chi connectivity index (χ2v) is 6.83. The number of thiocarbonyl (C=S) groups is 1. The van der Waals surface area contributed by atoms with Gasteiger partial charge in [0.2, 0.25) is 0 Å². The minimum atomic E-state index is -0.0828. The molecule has 0 fully saturated rings. The van der Waals surface area contributed by atoms with Gasteiger partial charge in [-0.05, 0) is 45.9 Å². The molecule has 0 radical (unpaired) electrons. The van der Waals surface area contributed by atoms with Crippen LogP contribution in [0.2, 0.25) is 0 Å². The average molecular weight is 396 g/mol. The third-order valence-corrected chi connectivity index (χ3v) is 3.74. The third kappa shape index (κ3) is 7.02. The molecule has 0 aliphatic heterocycles. The number of allylic oxidation sites excluding steroid dienone is 1. The van der Waals surface area contributed by atoms with E-state index < -0.39 is 0 Å². The van der Waals surface area contributed by atoms with Crippen LogP contribution >= 0.6 is 28.1 Å². The zero-order valence-corrected chi connectivity index (χ0v) is 16.2. The third-order valence-electron chi connectivity index (χ3n) is 2.90. The van der Waals surface area contributed by atoms with Gasteiger partial charge in [-0.1, -0.05) is 34.2 Å². The fourth-order valence-electron chi connectivity index (χ4n) is 1.95. The van der Waals surface area contributed by atoms with Gasteiger partial charge in [0, 0.05) is 16.2 Å². The normalized spacial score (nSPS) is 12.9. The molecular formula is C17H22BrN3OS. The highest BCUT2D eigenvalue weighted by Crippen LogP contribution is 2.18. The molecule has 0 bridgehead atoms. The minimum Gasteiger partial charge on any atom is -0.489 e. The Hall–Kier alpha value is -1.58. The van der Waals surface area contributed by atoms with E-state index in [1.807, 2.05) is 52.0 Å². The lowest BCUT2D eigenvalue weighted by Gasteiger charge is -2.18. The molecule has 0 aromatic heterocycles. The van der Waals surface area contributed by atoms with E-state index in [0.29, 0.717) is 17.1 Å². The average Bonchev–Trinajstić information content (AvgIpc) is 2.45. The number of ether oxygens (including phenoxy) is 1. The van der Waals surface area contributed by atoms with Crippen molar-refractivity contribution in [2.24, 2.45) is 0 Å². The van der Waals surface area contributed by atoms with Crippen molar-refractivity contribution in [2.75, 3.05) is 6.54 Å². The van der Waals surface area contributed by atoms with Crippen LogP contribution in [0.15, 0.2) is 40.0 Å². The van der Waals surface area contributed by atoms with Crippen LogP contribution in [0.5, 0.6) is 5.75 Å². The number of hydrogen-bond donors (Lipinski definition) is 2. The Kier molecular flexibility index (Phi) is 8.07. The Labute approximate surface area is 152 Å². The van der Waals surface area contributed by atoms with Gasteiger partial charge in [0.1, 0.15) is 28.5 Å². The van der Waals surface area contributed by atoms with Crippen LogP contribution in [-0.2, 0) is 0 Å². The predicted octanol–water partition coefficient (Wildman–Crippen LogP) is 3.93. The highest BCUT2D eigenvalue weighted by atomic mass is 79.9. The molecule has 1 unspecified atom stereocenters. The number of nitrogens with one attached hydrogen (secondary N) is 2. The summed E-state index contributed by atoms with van der Waals surface area (Å²) in [5, 5.41) is 15.6. The first-order chi connectivity index (χ1) is 10.8. The van der Waals surface area contributed by atoms with Gasteiger partial charge in [0.05, 0.1) is 6.54 Å². The summed E-state index contributed by atoms with van der Waals surface area (Å²) in [5.74, 6) is 0.785. The maximum Gasteiger partial charge on any atom is 0.120 e. The van der Waals surface area contributed by atoms with E-state index in [0.717, 1.165) is 15.9 Å². The Morgan fingerprint density at radius 3 is 2.65 bits per heavy atom.